The first-order chi connectivity index (χ1) is 10.2. The van der Waals surface area contributed by atoms with Gasteiger partial charge in [-0.05, 0) is 41.3 Å². The average molecular weight is 280 g/mol. The van der Waals surface area contributed by atoms with Gasteiger partial charge in [0.1, 0.15) is 19.0 Å². The third-order valence-corrected chi connectivity index (χ3v) is 3.22. The molecular weight excluding hydrogens is 260 g/mol. The van der Waals surface area contributed by atoms with Gasteiger partial charge in [-0.3, -0.25) is 0 Å². The van der Waals surface area contributed by atoms with E-state index in [0.717, 1.165) is 16.9 Å². The van der Waals surface area contributed by atoms with Crippen molar-refractivity contribution < 1.29 is 9.84 Å². The van der Waals surface area contributed by atoms with Crippen LogP contribution in [0.15, 0.2) is 48.5 Å². The summed E-state index contributed by atoms with van der Waals surface area (Å²) in [6.45, 7) is 4.78. The summed E-state index contributed by atoms with van der Waals surface area (Å²) in [5.41, 5.74) is 3.31. The minimum atomic E-state index is -0.114. The van der Waals surface area contributed by atoms with Crippen molar-refractivity contribution >= 4 is 0 Å². The highest BCUT2D eigenvalue weighted by Crippen LogP contribution is 2.19. The molecule has 2 heteroatoms. The summed E-state index contributed by atoms with van der Waals surface area (Å²) in [5.74, 6) is 6.91. The standard InChI is InChI=1S/C19H20O2/c1-15(2)18-9-11-19(12-10-18)21-14-17-7-5-16(6-8-17)4-3-13-20/h5-12,15,20H,13-14H2,1-2H3. The smallest absolute Gasteiger partial charge is 0.119 e. The van der Waals surface area contributed by atoms with E-state index in [4.69, 9.17) is 9.84 Å². The third kappa shape index (κ3) is 4.66. The van der Waals surface area contributed by atoms with Crippen molar-refractivity contribution in [1.29, 1.82) is 0 Å². The molecule has 0 aromatic heterocycles. The van der Waals surface area contributed by atoms with Gasteiger partial charge in [-0.1, -0.05) is 50.0 Å². The normalized spacial score (nSPS) is 10.1. The Hall–Kier alpha value is -2.24. The highest BCUT2D eigenvalue weighted by atomic mass is 16.5. The van der Waals surface area contributed by atoms with Gasteiger partial charge >= 0.3 is 0 Å². The second-order valence-electron chi connectivity index (χ2n) is 5.17. The first-order valence-corrected chi connectivity index (χ1v) is 7.10. The van der Waals surface area contributed by atoms with Crippen LogP contribution in [0.5, 0.6) is 5.75 Å². The Balaban J connectivity index is 1.93. The number of ether oxygens (including phenoxy) is 1. The highest BCUT2D eigenvalue weighted by molar-refractivity contribution is 5.36. The fraction of sp³-hybridized carbons (Fsp3) is 0.263. The summed E-state index contributed by atoms with van der Waals surface area (Å²) in [6.07, 6.45) is 0. The summed E-state index contributed by atoms with van der Waals surface area (Å²) in [5, 5.41) is 8.65. The topological polar surface area (TPSA) is 29.5 Å². The van der Waals surface area contributed by atoms with Gasteiger partial charge < -0.3 is 9.84 Å². The number of hydrogen-bond donors (Lipinski definition) is 1. The molecule has 0 unspecified atom stereocenters. The third-order valence-electron chi connectivity index (χ3n) is 3.22. The van der Waals surface area contributed by atoms with Gasteiger partial charge in [0.25, 0.3) is 0 Å². The predicted octanol–water partition coefficient (Wildman–Crippen LogP) is 3.73. The molecule has 0 fully saturated rings. The van der Waals surface area contributed by atoms with Crippen LogP contribution in [0.1, 0.15) is 36.5 Å². The summed E-state index contributed by atoms with van der Waals surface area (Å²) < 4.78 is 5.77. The molecule has 0 atom stereocenters. The Kier molecular flexibility index (Phi) is 5.43. The summed E-state index contributed by atoms with van der Waals surface area (Å²) >= 11 is 0. The van der Waals surface area contributed by atoms with E-state index in [1.165, 1.54) is 5.56 Å². The first kappa shape index (κ1) is 15.2. The molecule has 2 nitrogen and oxygen atoms in total. The molecule has 0 saturated heterocycles. The molecule has 0 heterocycles. The lowest BCUT2D eigenvalue weighted by molar-refractivity contribution is 0.306. The van der Waals surface area contributed by atoms with Gasteiger partial charge in [0.05, 0.1) is 0 Å². The molecule has 1 N–H and O–H groups in total. The molecule has 2 aromatic carbocycles. The molecule has 0 bridgehead atoms. The minimum absolute atomic E-state index is 0.114. The van der Waals surface area contributed by atoms with Crippen molar-refractivity contribution in [1.82, 2.24) is 0 Å². The maximum absolute atomic E-state index is 8.65. The van der Waals surface area contributed by atoms with Crippen LogP contribution in [0.25, 0.3) is 0 Å². The number of benzene rings is 2. The van der Waals surface area contributed by atoms with Crippen molar-refractivity contribution in [3.05, 3.63) is 65.2 Å². The Bertz CT molecular complexity index is 613. The van der Waals surface area contributed by atoms with Gasteiger partial charge in [0.2, 0.25) is 0 Å². The van der Waals surface area contributed by atoms with Gasteiger partial charge in [-0.25, -0.2) is 0 Å². The summed E-state index contributed by atoms with van der Waals surface area (Å²) in [6, 6.07) is 16.1. The van der Waals surface area contributed by atoms with E-state index in [2.05, 4.69) is 37.8 Å². The highest BCUT2D eigenvalue weighted by Gasteiger charge is 2.00. The van der Waals surface area contributed by atoms with E-state index >= 15 is 0 Å². The maximum Gasteiger partial charge on any atom is 0.119 e. The molecule has 0 radical (unpaired) electrons. The van der Waals surface area contributed by atoms with E-state index in [1.807, 2.05) is 36.4 Å². The van der Waals surface area contributed by atoms with Crippen LogP contribution in [0.4, 0.5) is 0 Å². The van der Waals surface area contributed by atoms with Gasteiger partial charge in [-0.2, -0.15) is 0 Å². The second-order valence-corrected chi connectivity index (χ2v) is 5.17. The zero-order chi connectivity index (χ0) is 15.1. The Morgan fingerprint density at radius 1 is 1.00 bits per heavy atom. The summed E-state index contributed by atoms with van der Waals surface area (Å²) in [7, 11) is 0. The Labute approximate surface area is 126 Å². The second kappa shape index (κ2) is 7.52. The molecule has 0 saturated carbocycles. The predicted molar refractivity (Wildman–Crippen MR) is 85.3 cm³/mol. The molecule has 21 heavy (non-hydrogen) atoms. The van der Waals surface area contributed by atoms with Crippen LogP contribution in [-0.2, 0) is 6.61 Å². The minimum Gasteiger partial charge on any atom is -0.489 e. The maximum atomic E-state index is 8.65. The van der Waals surface area contributed by atoms with Gasteiger partial charge in [0, 0.05) is 5.56 Å². The van der Waals surface area contributed by atoms with Crippen molar-refractivity contribution in [2.45, 2.75) is 26.4 Å². The fourth-order valence-corrected chi connectivity index (χ4v) is 1.94. The molecule has 0 aliphatic carbocycles. The van der Waals surface area contributed by atoms with Crippen LogP contribution in [-0.4, -0.2) is 11.7 Å². The average Bonchev–Trinajstić information content (AvgIpc) is 2.52. The molecule has 2 aromatic rings. The van der Waals surface area contributed by atoms with Gasteiger partial charge in [-0.15, -0.1) is 0 Å². The van der Waals surface area contributed by atoms with Crippen LogP contribution in [0.3, 0.4) is 0 Å². The lowest BCUT2D eigenvalue weighted by Gasteiger charge is -2.09. The zero-order valence-electron chi connectivity index (χ0n) is 12.5. The molecule has 0 aliphatic rings. The van der Waals surface area contributed by atoms with Gasteiger partial charge in [0.15, 0.2) is 0 Å². The van der Waals surface area contributed by atoms with Crippen LogP contribution in [0.2, 0.25) is 0 Å². The van der Waals surface area contributed by atoms with E-state index in [1.54, 1.807) is 0 Å². The first-order valence-electron chi connectivity index (χ1n) is 7.10. The lowest BCUT2D eigenvalue weighted by Crippen LogP contribution is -1.96. The number of aliphatic hydroxyl groups excluding tert-OH is 1. The number of rotatable bonds is 4. The monoisotopic (exact) mass is 280 g/mol. The van der Waals surface area contributed by atoms with E-state index in [-0.39, 0.29) is 6.61 Å². The fourth-order valence-electron chi connectivity index (χ4n) is 1.94. The van der Waals surface area contributed by atoms with Crippen LogP contribution < -0.4 is 4.74 Å². The van der Waals surface area contributed by atoms with Crippen LogP contribution >= 0.6 is 0 Å². The number of hydrogen-bond acceptors (Lipinski definition) is 2. The quantitative estimate of drug-likeness (QED) is 0.865. The molecule has 0 amide bonds. The molecule has 108 valence electrons. The molecule has 0 aliphatic heterocycles. The van der Waals surface area contributed by atoms with E-state index < -0.39 is 0 Å². The number of aliphatic hydroxyl groups is 1. The Morgan fingerprint density at radius 3 is 2.24 bits per heavy atom. The molecule has 0 spiro atoms. The van der Waals surface area contributed by atoms with Crippen molar-refractivity contribution in [2.75, 3.05) is 6.61 Å². The lowest BCUT2D eigenvalue weighted by atomic mass is 10.0. The van der Waals surface area contributed by atoms with Crippen molar-refractivity contribution in [3.63, 3.8) is 0 Å². The zero-order valence-corrected chi connectivity index (χ0v) is 12.5. The SMILES string of the molecule is CC(C)c1ccc(OCc2ccc(C#CCO)cc2)cc1. The van der Waals surface area contributed by atoms with Crippen molar-refractivity contribution in [2.24, 2.45) is 0 Å². The van der Waals surface area contributed by atoms with E-state index in [9.17, 15) is 0 Å². The Morgan fingerprint density at radius 2 is 1.67 bits per heavy atom. The van der Waals surface area contributed by atoms with Crippen molar-refractivity contribution in [3.8, 4) is 17.6 Å². The molecular formula is C19H20O2. The van der Waals surface area contributed by atoms with E-state index in [0.29, 0.717) is 12.5 Å². The summed E-state index contributed by atoms with van der Waals surface area (Å²) in [4.78, 5) is 0. The molecule has 2 rings (SSSR count). The van der Waals surface area contributed by atoms with Crippen LogP contribution in [0, 0.1) is 11.8 Å². The largest absolute Gasteiger partial charge is 0.489 e.